The van der Waals surface area contributed by atoms with Crippen molar-refractivity contribution in [2.24, 2.45) is 0 Å². The van der Waals surface area contributed by atoms with E-state index in [1.807, 2.05) is 14.7 Å². The first kappa shape index (κ1) is 24.8. The van der Waals surface area contributed by atoms with Crippen molar-refractivity contribution >= 4 is 23.1 Å². The molecule has 0 atom stereocenters. The summed E-state index contributed by atoms with van der Waals surface area (Å²) in [5.41, 5.74) is 0.568. The van der Waals surface area contributed by atoms with Gasteiger partial charge in [0.1, 0.15) is 11.9 Å². The summed E-state index contributed by atoms with van der Waals surface area (Å²) in [5.74, 6) is 0.294. The van der Waals surface area contributed by atoms with E-state index < -0.39 is 11.7 Å². The van der Waals surface area contributed by atoms with Crippen LogP contribution >= 0.6 is 0 Å². The lowest BCUT2D eigenvalue weighted by Gasteiger charge is -2.31. The molecule has 2 saturated heterocycles. The average molecular weight is 487 g/mol. The molecule has 2 fully saturated rings. The number of aromatic nitrogens is 1. The minimum absolute atomic E-state index is 0.0802. The lowest BCUT2D eigenvalue weighted by molar-refractivity contribution is -0.137. The minimum Gasteiger partial charge on any atom is -0.370 e. The maximum absolute atomic E-state index is 13.4. The molecular weight excluding hydrogens is 457 g/mol. The van der Waals surface area contributed by atoms with Crippen LogP contribution in [0.25, 0.3) is 0 Å². The summed E-state index contributed by atoms with van der Waals surface area (Å²) in [6.07, 6.45) is 0.991. The molecule has 2 aromatic rings. The number of anilines is 3. The second-order valence-corrected chi connectivity index (χ2v) is 8.93. The number of halogens is 3. The van der Waals surface area contributed by atoms with Crippen LogP contribution in [0.3, 0.4) is 0 Å². The Morgan fingerprint density at radius 2 is 1.77 bits per heavy atom. The van der Waals surface area contributed by atoms with E-state index in [9.17, 15) is 23.2 Å². The van der Waals surface area contributed by atoms with Crippen molar-refractivity contribution in [1.29, 1.82) is 5.26 Å². The van der Waals surface area contributed by atoms with Crippen LogP contribution in [0.4, 0.5) is 30.4 Å². The number of carbonyl (C=O) groups is 1. The fraction of sp³-hybridized carbons (Fsp3) is 0.480. The molecule has 1 N–H and O–H groups in total. The van der Waals surface area contributed by atoms with Gasteiger partial charge in [-0.3, -0.25) is 9.69 Å². The number of alkyl halides is 3. The summed E-state index contributed by atoms with van der Waals surface area (Å²) in [5, 5.41) is 12.1. The van der Waals surface area contributed by atoms with Gasteiger partial charge in [0.25, 0.3) is 0 Å². The Bertz CT molecular complexity index is 1080. The van der Waals surface area contributed by atoms with Crippen LogP contribution in [-0.4, -0.2) is 61.6 Å². The van der Waals surface area contributed by atoms with Crippen LogP contribution < -0.4 is 15.1 Å². The molecule has 10 heteroatoms. The van der Waals surface area contributed by atoms with Crippen LogP contribution in [0, 0.1) is 11.3 Å². The van der Waals surface area contributed by atoms with Crippen molar-refractivity contribution in [2.45, 2.75) is 31.9 Å². The maximum atomic E-state index is 13.4. The summed E-state index contributed by atoms with van der Waals surface area (Å²) in [6, 6.07) is 9.20. The first-order valence-electron chi connectivity index (χ1n) is 11.9. The van der Waals surface area contributed by atoms with Crippen LogP contribution in [-0.2, 0) is 11.0 Å². The van der Waals surface area contributed by atoms with E-state index in [4.69, 9.17) is 0 Å². The molecule has 2 aliphatic rings. The van der Waals surface area contributed by atoms with Crippen molar-refractivity contribution in [3.63, 3.8) is 0 Å². The molecule has 0 radical (unpaired) electrons. The number of nitrogens with zero attached hydrogens (tertiary/aromatic N) is 5. The third kappa shape index (κ3) is 6.22. The van der Waals surface area contributed by atoms with E-state index in [1.165, 1.54) is 6.07 Å². The van der Waals surface area contributed by atoms with Gasteiger partial charge in [-0.15, -0.1) is 0 Å². The lowest BCUT2D eigenvalue weighted by Crippen LogP contribution is -2.37. The quantitative estimate of drug-likeness (QED) is 0.686. The van der Waals surface area contributed by atoms with Crippen molar-refractivity contribution in [3.05, 3.63) is 47.7 Å². The van der Waals surface area contributed by atoms with Crippen molar-refractivity contribution in [3.8, 4) is 6.07 Å². The summed E-state index contributed by atoms with van der Waals surface area (Å²) < 4.78 is 40.1. The summed E-state index contributed by atoms with van der Waals surface area (Å²) in [7, 11) is 0. The Labute approximate surface area is 203 Å². The number of carbonyl (C=O) groups excluding carboxylic acids is 1. The molecule has 0 aliphatic carbocycles. The number of nitrogens with one attached hydrogen (secondary N) is 1. The number of hydrogen-bond donors (Lipinski definition) is 1. The van der Waals surface area contributed by atoms with E-state index in [1.54, 1.807) is 18.3 Å². The average Bonchev–Trinajstić information content (AvgIpc) is 3.09. The van der Waals surface area contributed by atoms with Crippen molar-refractivity contribution in [1.82, 2.24) is 9.88 Å². The second-order valence-electron chi connectivity index (χ2n) is 8.93. The molecule has 1 aromatic carbocycles. The topological polar surface area (TPSA) is 75.5 Å². The Morgan fingerprint density at radius 3 is 2.51 bits per heavy atom. The number of benzene rings is 1. The van der Waals surface area contributed by atoms with Crippen LogP contribution in [0.15, 0.2) is 36.5 Å². The highest BCUT2D eigenvalue weighted by Gasteiger charge is 2.32. The van der Waals surface area contributed by atoms with Gasteiger partial charge in [0.05, 0.1) is 29.0 Å². The van der Waals surface area contributed by atoms with Crippen molar-refractivity contribution in [2.75, 3.05) is 60.9 Å². The zero-order valence-electron chi connectivity index (χ0n) is 19.5. The molecular formula is C25H29F3N6O. The van der Waals surface area contributed by atoms with E-state index >= 15 is 0 Å². The van der Waals surface area contributed by atoms with Gasteiger partial charge >= 0.3 is 6.18 Å². The zero-order valence-corrected chi connectivity index (χ0v) is 19.5. The van der Waals surface area contributed by atoms with E-state index in [2.05, 4.69) is 16.4 Å². The zero-order chi connectivity index (χ0) is 24.8. The molecule has 186 valence electrons. The number of rotatable bonds is 5. The molecule has 0 saturated carbocycles. The van der Waals surface area contributed by atoms with Gasteiger partial charge < -0.3 is 15.1 Å². The third-order valence-electron chi connectivity index (χ3n) is 6.46. The van der Waals surface area contributed by atoms with Crippen LogP contribution in [0.1, 0.15) is 36.8 Å². The highest BCUT2D eigenvalue weighted by molar-refractivity contribution is 5.95. The van der Waals surface area contributed by atoms with Crippen molar-refractivity contribution < 1.29 is 18.0 Å². The summed E-state index contributed by atoms with van der Waals surface area (Å²) in [6.45, 7) is 4.15. The predicted molar refractivity (Wildman–Crippen MR) is 128 cm³/mol. The first-order chi connectivity index (χ1) is 16.8. The minimum atomic E-state index is -4.48. The van der Waals surface area contributed by atoms with Gasteiger partial charge in [0.15, 0.2) is 0 Å². The van der Waals surface area contributed by atoms with Crippen LogP contribution in [0.2, 0.25) is 0 Å². The number of nitriles is 1. The SMILES string of the molecule is N#Cc1cccnc1N1CCCN(CC(=O)Nc2cc(C(F)(F)F)ccc2N2CCCCC2)CC1. The molecule has 35 heavy (non-hydrogen) atoms. The maximum Gasteiger partial charge on any atom is 0.416 e. The number of pyridine rings is 1. The fourth-order valence-corrected chi connectivity index (χ4v) is 4.69. The molecule has 2 aliphatic heterocycles. The monoisotopic (exact) mass is 486 g/mol. The van der Waals surface area contributed by atoms with Gasteiger partial charge in [-0.25, -0.2) is 4.98 Å². The molecule has 0 unspecified atom stereocenters. The molecule has 1 aromatic heterocycles. The Hall–Kier alpha value is -3.32. The normalized spacial score (nSPS) is 17.5. The third-order valence-corrected chi connectivity index (χ3v) is 6.46. The largest absolute Gasteiger partial charge is 0.416 e. The first-order valence-corrected chi connectivity index (χ1v) is 11.9. The van der Waals surface area contributed by atoms with Crippen LogP contribution in [0.5, 0.6) is 0 Å². The molecule has 1 amide bonds. The molecule has 4 rings (SSSR count). The highest BCUT2D eigenvalue weighted by Crippen LogP contribution is 2.36. The number of piperidine rings is 1. The van der Waals surface area contributed by atoms with E-state index in [0.717, 1.165) is 50.9 Å². The molecule has 0 spiro atoms. The Morgan fingerprint density at radius 1 is 1.00 bits per heavy atom. The molecule has 0 bridgehead atoms. The standard InChI is InChI=1S/C25H29F3N6O/c26-25(27,28)20-7-8-22(33-11-2-1-3-12-33)21(16-20)31-23(35)18-32-10-5-13-34(15-14-32)24-19(17-29)6-4-9-30-24/h4,6-9,16H,1-3,5,10-15,18H2,(H,31,35). The van der Waals surface area contributed by atoms with E-state index in [0.29, 0.717) is 43.2 Å². The smallest absolute Gasteiger partial charge is 0.370 e. The van der Waals surface area contributed by atoms with Gasteiger partial charge in [-0.05, 0) is 56.0 Å². The number of amides is 1. The lowest BCUT2D eigenvalue weighted by atomic mass is 10.1. The Balaban J connectivity index is 1.43. The summed E-state index contributed by atoms with van der Waals surface area (Å²) >= 11 is 0. The predicted octanol–water partition coefficient (Wildman–Crippen LogP) is 4.11. The summed E-state index contributed by atoms with van der Waals surface area (Å²) in [4.78, 5) is 23.3. The Kier molecular flexibility index (Phi) is 7.76. The van der Waals surface area contributed by atoms with Gasteiger partial charge in [0, 0.05) is 45.5 Å². The fourth-order valence-electron chi connectivity index (χ4n) is 4.69. The van der Waals surface area contributed by atoms with Gasteiger partial charge in [-0.2, -0.15) is 18.4 Å². The second kappa shape index (κ2) is 11.0. The highest BCUT2D eigenvalue weighted by atomic mass is 19.4. The van der Waals surface area contributed by atoms with Gasteiger partial charge in [0.2, 0.25) is 5.91 Å². The number of hydrogen-bond acceptors (Lipinski definition) is 6. The van der Waals surface area contributed by atoms with E-state index in [-0.39, 0.29) is 18.1 Å². The van der Waals surface area contributed by atoms with Gasteiger partial charge in [-0.1, -0.05) is 0 Å². The molecule has 7 nitrogen and oxygen atoms in total. The molecule has 3 heterocycles.